The number of rotatable bonds is 5. The molecule has 0 saturated carbocycles. The van der Waals surface area contributed by atoms with Gasteiger partial charge in [-0.25, -0.2) is 0 Å². The van der Waals surface area contributed by atoms with Crippen LogP contribution in [0.2, 0.25) is 0 Å². The van der Waals surface area contributed by atoms with E-state index in [4.69, 9.17) is 0 Å². The van der Waals surface area contributed by atoms with Crippen molar-refractivity contribution in [2.75, 3.05) is 5.75 Å². The Labute approximate surface area is 87.7 Å². The molecule has 2 heteroatoms. The zero-order valence-corrected chi connectivity index (χ0v) is 10.4. The van der Waals surface area contributed by atoms with Crippen LogP contribution in [-0.2, 0) is 4.79 Å². The third kappa shape index (κ3) is 4.17. The van der Waals surface area contributed by atoms with Crippen molar-refractivity contribution in [2.45, 2.75) is 47.5 Å². The summed E-state index contributed by atoms with van der Waals surface area (Å²) in [6, 6.07) is 0. The molecular weight excluding hydrogens is 180 g/mol. The van der Waals surface area contributed by atoms with E-state index in [1.54, 1.807) is 0 Å². The number of carbonyl (C=O) groups is 1. The van der Waals surface area contributed by atoms with E-state index in [9.17, 15) is 4.79 Å². The van der Waals surface area contributed by atoms with Crippen LogP contribution in [0.4, 0.5) is 0 Å². The van der Waals surface area contributed by atoms with Crippen LogP contribution in [0.3, 0.4) is 0 Å². The van der Waals surface area contributed by atoms with Gasteiger partial charge in [-0.1, -0.05) is 34.6 Å². The first-order valence-corrected chi connectivity index (χ1v) is 5.52. The van der Waals surface area contributed by atoms with Crippen molar-refractivity contribution in [3.05, 3.63) is 0 Å². The van der Waals surface area contributed by atoms with E-state index in [0.717, 1.165) is 12.2 Å². The summed E-state index contributed by atoms with van der Waals surface area (Å²) in [4.78, 5) is 11.6. The lowest BCUT2D eigenvalue weighted by molar-refractivity contribution is -0.128. The Morgan fingerprint density at radius 3 is 2.00 bits per heavy atom. The summed E-state index contributed by atoms with van der Waals surface area (Å²) in [6.45, 7) is 10.3. The van der Waals surface area contributed by atoms with Gasteiger partial charge in [-0.05, 0) is 17.6 Å². The van der Waals surface area contributed by atoms with Crippen molar-refractivity contribution in [3.8, 4) is 0 Å². The standard InChI is InChI=1S/C11H22OS/c1-6-9(12)11(4,5)7-10(2,3)8-13/h13H,6-8H2,1-5H3. The molecular formula is C11H22OS. The van der Waals surface area contributed by atoms with Gasteiger partial charge in [0, 0.05) is 11.8 Å². The van der Waals surface area contributed by atoms with Gasteiger partial charge in [-0.3, -0.25) is 4.79 Å². The molecule has 0 spiro atoms. The number of hydrogen-bond acceptors (Lipinski definition) is 2. The van der Waals surface area contributed by atoms with Gasteiger partial charge in [0.1, 0.15) is 5.78 Å². The summed E-state index contributed by atoms with van der Waals surface area (Å²) in [6.07, 6.45) is 1.55. The van der Waals surface area contributed by atoms with Crippen molar-refractivity contribution >= 4 is 18.4 Å². The molecule has 0 fully saturated rings. The maximum Gasteiger partial charge on any atom is 0.138 e. The Hall–Kier alpha value is 0.0200. The van der Waals surface area contributed by atoms with E-state index in [2.05, 4.69) is 26.5 Å². The summed E-state index contributed by atoms with van der Waals surface area (Å²) in [5.74, 6) is 1.18. The summed E-state index contributed by atoms with van der Waals surface area (Å²) in [5.41, 5.74) is -0.0432. The predicted octanol–water partition coefficient (Wildman–Crippen LogP) is 3.34. The number of hydrogen-bond donors (Lipinski definition) is 1. The van der Waals surface area contributed by atoms with Gasteiger partial charge in [-0.2, -0.15) is 12.6 Å². The molecule has 0 bridgehead atoms. The lowest BCUT2D eigenvalue weighted by Gasteiger charge is -2.32. The van der Waals surface area contributed by atoms with Crippen LogP contribution >= 0.6 is 12.6 Å². The normalized spacial score (nSPS) is 13.1. The first kappa shape index (κ1) is 13.0. The molecule has 0 aromatic rings. The quantitative estimate of drug-likeness (QED) is 0.677. The Kier molecular flexibility index (Phi) is 4.50. The molecule has 13 heavy (non-hydrogen) atoms. The third-order valence-corrected chi connectivity index (χ3v) is 3.28. The number of carbonyl (C=O) groups excluding carboxylic acids is 1. The molecule has 0 aliphatic carbocycles. The van der Waals surface area contributed by atoms with Crippen molar-refractivity contribution in [3.63, 3.8) is 0 Å². The zero-order valence-electron chi connectivity index (χ0n) is 9.48. The minimum atomic E-state index is -0.193. The van der Waals surface area contributed by atoms with Crippen LogP contribution in [0.15, 0.2) is 0 Å². The van der Waals surface area contributed by atoms with Crippen LogP contribution in [0.1, 0.15) is 47.5 Å². The van der Waals surface area contributed by atoms with Crippen LogP contribution in [-0.4, -0.2) is 11.5 Å². The summed E-state index contributed by atoms with van der Waals surface area (Å²) in [7, 11) is 0. The van der Waals surface area contributed by atoms with E-state index >= 15 is 0 Å². The molecule has 1 nitrogen and oxygen atoms in total. The van der Waals surface area contributed by atoms with Crippen LogP contribution in [0.5, 0.6) is 0 Å². The van der Waals surface area contributed by atoms with Crippen LogP contribution in [0, 0.1) is 10.8 Å². The summed E-state index contributed by atoms with van der Waals surface area (Å²) >= 11 is 4.30. The molecule has 0 atom stereocenters. The second-order valence-electron chi connectivity index (χ2n) is 5.16. The van der Waals surface area contributed by atoms with Crippen LogP contribution in [0.25, 0.3) is 0 Å². The highest BCUT2D eigenvalue weighted by atomic mass is 32.1. The maximum atomic E-state index is 11.6. The molecule has 0 rings (SSSR count). The van der Waals surface area contributed by atoms with E-state index < -0.39 is 0 Å². The molecule has 0 N–H and O–H groups in total. The Balaban J connectivity index is 4.41. The lowest BCUT2D eigenvalue weighted by atomic mass is 9.73. The molecule has 0 amide bonds. The molecule has 0 aromatic heterocycles. The average molecular weight is 202 g/mol. The second kappa shape index (κ2) is 4.50. The van der Waals surface area contributed by atoms with Gasteiger partial charge >= 0.3 is 0 Å². The van der Waals surface area contributed by atoms with Crippen molar-refractivity contribution in [1.29, 1.82) is 0 Å². The highest BCUT2D eigenvalue weighted by molar-refractivity contribution is 7.80. The summed E-state index contributed by atoms with van der Waals surface area (Å²) < 4.78 is 0. The van der Waals surface area contributed by atoms with Crippen molar-refractivity contribution < 1.29 is 4.79 Å². The first-order valence-electron chi connectivity index (χ1n) is 4.89. The monoisotopic (exact) mass is 202 g/mol. The average Bonchev–Trinajstić information content (AvgIpc) is 2.01. The SMILES string of the molecule is CCC(=O)C(C)(C)CC(C)(C)CS. The minimum absolute atomic E-state index is 0.150. The Bertz CT molecular complexity index is 183. The molecule has 78 valence electrons. The summed E-state index contributed by atoms with van der Waals surface area (Å²) in [5, 5.41) is 0. The molecule has 0 heterocycles. The lowest BCUT2D eigenvalue weighted by Crippen LogP contribution is -2.31. The van der Waals surface area contributed by atoms with Gasteiger partial charge in [0.15, 0.2) is 0 Å². The Morgan fingerprint density at radius 1 is 1.23 bits per heavy atom. The van der Waals surface area contributed by atoms with E-state index in [0.29, 0.717) is 12.2 Å². The minimum Gasteiger partial charge on any atom is -0.299 e. The van der Waals surface area contributed by atoms with Crippen LogP contribution < -0.4 is 0 Å². The molecule has 0 aliphatic rings. The van der Waals surface area contributed by atoms with Gasteiger partial charge in [-0.15, -0.1) is 0 Å². The molecule has 0 aliphatic heterocycles. The largest absolute Gasteiger partial charge is 0.299 e. The van der Waals surface area contributed by atoms with Gasteiger partial charge in [0.05, 0.1) is 0 Å². The highest BCUT2D eigenvalue weighted by Gasteiger charge is 2.32. The van der Waals surface area contributed by atoms with E-state index in [-0.39, 0.29) is 10.8 Å². The van der Waals surface area contributed by atoms with Crippen molar-refractivity contribution in [1.82, 2.24) is 0 Å². The maximum absolute atomic E-state index is 11.6. The van der Waals surface area contributed by atoms with E-state index in [1.165, 1.54) is 0 Å². The van der Waals surface area contributed by atoms with E-state index in [1.807, 2.05) is 20.8 Å². The second-order valence-corrected chi connectivity index (χ2v) is 5.48. The number of Topliss-reactive ketones (excluding diaryl/α,β-unsaturated/α-hetero) is 1. The fraction of sp³-hybridized carbons (Fsp3) is 0.909. The third-order valence-electron chi connectivity index (χ3n) is 2.42. The Morgan fingerprint density at radius 2 is 1.69 bits per heavy atom. The fourth-order valence-corrected chi connectivity index (χ4v) is 1.94. The predicted molar refractivity (Wildman–Crippen MR) is 61.3 cm³/mol. The zero-order chi connectivity index (χ0) is 10.7. The van der Waals surface area contributed by atoms with Gasteiger partial charge < -0.3 is 0 Å². The van der Waals surface area contributed by atoms with Gasteiger partial charge in [0.25, 0.3) is 0 Å². The smallest absolute Gasteiger partial charge is 0.138 e. The molecule has 0 radical (unpaired) electrons. The number of thiol groups is 1. The molecule has 0 unspecified atom stereocenters. The molecule has 0 aromatic carbocycles. The topological polar surface area (TPSA) is 17.1 Å². The van der Waals surface area contributed by atoms with Gasteiger partial charge in [0.2, 0.25) is 0 Å². The molecule has 0 saturated heterocycles. The highest BCUT2D eigenvalue weighted by Crippen LogP contribution is 2.35. The van der Waals surface area contributed by atoms with Crippen molar-refractivity contribution in [2.24, 2.45) is 10.8 Å². The first-order chi connectivity index (χ1) is 5.75. The fourth-order valence-electron chi connectivity index (χ4n) is 1.83. The number of ketones is 1.